The molecule has 1 heterocycles. The highest BCUT2D eigenvalue weighted by atomic mass is 15.1. The van der Waals surface area contributed by atoms with Crippen LogP contribution in [0.25, 0.3) is 0 Å². The van der Waals surface area contributed by atoms with Crippen LogP contribution in [0.3, 0.4) is 0 Å². The Morgan fingerprint density at radius 3 is 2.30 bits per heavy atom. The Morgan fingerprint density at radius 2 is 1.70 bits per heavy atom. The van der Waals surface area contributed by atoms with Crippen molar-refractivity contribution >= 4 is 0 Å². The van der Waals surface area contributed by atoms with Crippen LogP contribution in [0, 0.1) is 12.5 Å². The van der Waals surface area contributed by atoms with E-state index in [9.17, 15) is 0 Å². The lowest BCUT2D eigenvalue weighted by atomic mass is 10.1. The van der Waals surface area contributed by atoms with Gasteiger partial charge in [-0.25, -0.2) is 0 Å². The van der Waals surface area contributed by atoms with E-state index in [-0.39, 0.29) is 0 Å². The molecule has 1 radical (unpaired) electrons. The van der Waals surface area contributed by atoms with Crippen molar-refractivity contribution in [1.82, 2.24) is 4.90 Å². The quantitative estimate of drug-likeness (QED) is 0.564. The summed E-state index contributed by atoms with van der Waals surface area (Å²) in [6.45, 7) is 5.13. The van der Waals surface area contributed by atoms with E-state index in [2.05, 4.69) is 11.4 Å². The third kappa shape index (κ3) is 1.72. The average molecular weight is 138 g/mol. The van der Waals surface area contributed by atoms with Gasteiger partial charge in [0.2, 0.25) is 0 Å². The van der Waals surface area contributed by atoms with E-state index in [0.29, 0.717) is 0 Å². The van der Waals surface area contributed by atoms with Crippen LogP contribution in [0.4, 0.5) is 0 Å². The largest absolute Gasteiger partial charge is 0.299 e. The molecule has 0 aromatic carbocycles. The highest BCUT2D eigenvalue weighted by molar-refractivity contribution is 4.88. The van der Waals surface area contributed by atoms with E-state index < -0.39 is 0 Å². The molecule has 0 atom stereocenters. The molecule has 0 spiro atoms. The van der Waals surface area contributed by atoms with Gasteiger partial charge in [-0.2, -0.15) is 0 Å². The molecule has 10 heavy (non-hydrogen) atoms. The molecule has 0 unspecified atom stereocenters. The number of nitrogens with zero attached hydrogens (tertiary/aromatic N) is 1. The number of rotatable bonds is 2. The minimum atomic E-state index is 0.970. The van der Waals surface area contributed by atoms with Crippen LogP contribution in [0.1, 0.15) is 32.1 Å². The SMILES string of the molecule is [CH](C1CC1)N1CCCCC1. The third-order valence-electron chi connectivity index (χ3n) is 2.43. The molecule has 1 heteroatoms. The van der Waals surface area contributed by atoms with Gasteiger partial charge in [0, 0.05) is 6.54 Å². The first-order valence-electron chi connectivity index (χ1n) is 4.54. The second-order valence-corrected chi connectivity index (χ2v) is 3.58. The smallest absolute Gasteiger partial charge is 0.0282 e. The average Bonchev–Trinajstić information content (AvgIpc) is 2.74. The third-order valence-corrected chi connectivity index (χ3v) is 2.43. The zero-order chi connectivity index (χ0) is 6.81. The lowest BCUT2D eigenvalue weighted by Gasteiger charge is -2.25. The maximum atomic E-state index is 2.53. The highest BCUT2D eigenvalue weighted by Crippen LogP contribution is 2.33. The van der Waals surface area contributed by atoms with Crippen LogP contribution in [0.5, 0.6) is 0 Å². The zero-order valence-electron chi connectivity index (χ0n) is 6.55. The summed E-state index contributed by atoms with van der Waals surface area (Å²) in [5.74, 6) is 0.970. The zero-order valence-corrected chi connectivity index (χ0v) is 6.55. The van der Waals surface area contributed by atoms with Gasteiger partial charge >= 0.3 is 0 Å². The lowest BCUT2D eigenvalue weighted by Crippen LogP contribution is -2.27. The Balaban J connectivity index is 1.69. The van der Waals surface area contributed by atoms with Gasteiger partial charge in [0.15, 0.2) is 0 Å². The molecule has 0 aromatic rings. The van der Waals surface area contributed by atoms with E-state index in [1.165, 1.54) is 45.2 Å². The van der Waals surface area contributed by atoms with Gasteiger partial charge in [-0.1, -0.05) is 6.42 Å². The van der Waals surface area contributed by atoms with Crippen molar-refractivity contribution < 1.29 is 0 Å². The standard InChI is InChI=1S/C9H16N/c1-2-6-10(7-3-1)8-9-4-5-9/h8-9H,1-7H2. The van der Waals surface area contributed by atoms with Crippen molar-refractivity contribution in [1.29, 1.82) is 0 Å². The van der Waals surface area contributed by atoms with Crippen LogP contribution in [0.15, 0.2) is 0 Å². The van der Waals surface area contributed by atoms with Gasteiger partial charge in [-0.15, -0.1) is 0 Å². The van der Waals surface area contributed by atoms with Gasteiger partial charge in [-0.3, -0.25) is 4.90 Å². The van der Waals surface area contributed by atoms with E-state index in [4.69, 9.17) is 0 Å². The number of piperidine rings is 1. The molecule has 1 saturated heterocycles. The highest BCUT2D eigenvalue weighted by Gasteiger charge is 2.25. The summed E-state index contributed by atoms with van der Waals surface area (Å²) in [6, 6.07) is 0. The van der Waals surface area contributed by atoms with Crippen molar-refractivity contribution in [3.05, 3.63) is 6.54 Å². The predicted molar refractivity (Wildman–Crippen MR) is 42.4 cm³/mol. The molecular weight excluding hydrogens is 122 g/mol. The molecule has 1 aliphatic carbocycles. The predicted octanol–water partition coefficient (Wildman–Crippen LogP) is 2.04. The first kappa shape index (κ1) is 6.66. The van der Waals surface area contributed by atoms with Gasteiger partial charge < -0.3 is 0 Å². The fourth-order valence-electron chi connectivity index (χ4n) is 1.61. The van der Waals surface area contributed by atoms with Gasteiger partial charge in [0.1, 0.15) is 0 Å². The van der Waals surface area contributed by atoms with Crippen molar-refractivity contribution in [3.63, 3.8) is 0 Å². The topological polar surface area (TPSA) is 3.24 Å². The minimum Gasteiger partial charge on any atom is -0.299 e. The number of hydrogen-bond donors (Lipinski definition) is 0. The summed E-state index contributed by atoms with van der Waals surface area (Å²) in [5, 5.41) is 0. The van der Waals surface area contributed by atoms with Crippen LogP contribution in [-0.2, 0) is 0 Å². The molecule has 0 amide bonds. The molecule has 1 nitrogen and oxygen atoms in total. The first-order valence-corrected chi connectivity index (χ1v) is 4.54. The van der Waals surface area contributed by atoms with Crippen molar-refractivity contribution in [2.24, 2.45) is 5.92 Å². The van der Waals surface area contributed by atoms with Crippen LogP contribution >= 0.6 is 0 Å². The summed E-state index contributed by atoms with van der Waals surface area (Å²) in [5.41, 5.74) is 0. The second-order valence-electron chi connectivity index (χ2n) is 3.58. The number of hydrogen-bond acceptors (Lipinski definition) is 1. The van der Waals surface area contributed by atoms with E-state index in [0.717, 1.165) is 5.92 Å². The maximum absolute atomic E-state index is 2.53. The van der Waals surface area contributed by atoms with E-state index in [1.807, 2.05) is 0 Å². The summed E-state index contributed by atoms with van der Waals surface area (Å²) in [7, 11) is 0. The van der Waals surface area contributed by atoms with Gasteiger partial charge in [-0.05, 0) is 44.7 Å². The minimum absolute atomic E-state index is 0.970. The Labute approximate surface area is 63.4 Å². The summed E-state index contributed by atoms with van der Waals surface area (Å²) in [4.78, 5) is 2.53. The van der Waals surface area contributed by atoms with Gasteiger partial charge in [0.25, 0.3) is 0 Å². The molecule has 0 N–H and O–H groups in total. The van der Waals surface area contributed by atoms with Crippen LogP contribution in [-0.4, -0.2) is 18.0 Å². The number of likely N-dealkylation sites (tertiary alicyclic amines) is 1. The molecule has 2 fully saturated rings. The Kier molecular flexibility index (Phi) is 1.94. The Morgan fingerprint density at radius 1 is 1.00 bits per heavy atom. The summed E-state index contributed by atoms with van der Waals surface area (Å²) in [6.07, 6.45) is 7.20. The van der Waals surface area contributed by atoms with E-state index in [1.54, 1.807) is 0 Å². The monoisotopic (exact) mass is 138 g/mol. The Bertz CT molecular complexity index is 101. The summed E-state index contributed by atoms with van der Waals surface area (Å²) < 4.78 is 0. The molecule has 57 valence electrons. The van der Waals surface area contributed by atoms with Crippen LogP contribution < -0.4 is 0 Å². The molecule has 0 aromatic heterocycles. The molecule has 1 aliphatic heterocycles. The van der Waals surface area contributed by atoms with E-state index >= 15 is 0 Å². The maximum Gasteiger partial charge on any atom is 0.0282 e. The Hall–Kier alpha value is -0.0400. The fourth-order valence-corrected chi connectivity index (χ4v) is 1.61. The molecule has 2 aliphatic rings. The first-order chi connectivity index (χ1) is 4.95. The molecule has 2 rings (SSSR count). The fraction of sp³-hybridized carbons (Fsp3) is 0.889. The van der Waals surface area contributed by atoms with Crippen LogP contribution in [0.2, 0.25) is 0 Å². The summed E-state index contributed by atoms with van der Waals surface area (Å²) >= 11 is 0. The molecule has 0 bridgehead atoms. The van der Waals surface area contributed by atoms with Crippen molar-refractivity contribution in [3.8, 4) is 0 Å². The second kappa shape index (κ2) is 2.91. The normalized spacial score (nSPS) is 28.8. The lowest BCUT2D eigenvalue weighted by molar-refractivity contribution is 0.266. The van der Waals surface area contributed by atoms with Crippen molar-refractivity contribution in [2.45, 2.75) is 32.1 Å². The van der Waals surface area contributed by atoms with Crippen molar-refractivity contribution in [2.75, 3.05) is 13.1 Å². The van der Waals surface area contributed by atoms with Gasteiger partial charge in [0.05, 0.1) is 0 Å². The molecular formula is C9H16N. The molecule has 1 saturated carbocycles.